The van der Waals surface area contributed by atoms with Gasteiger partial charge in [-0.25, -0.2) is 0 Å². The summed E-state index contributed by atoms with van der Waals surface area (Å²) in [4.78, 5) is 10.9. The third kappa shape index (κ3) is 2.07. The van der Waals surface area contributed by atoms with E-state index in [9.17, 15) is 15.2 Å². The van der Waals surface area contributed by atoms with Crippen molar-refractivity contribution >= 4 is 23.0 Å². The molecule has 0 amide bonds. The fourth-order valence-corrected chi connectivity index (χ4v) is 3.87. The fourth-order valence-electron chi connectivity index (χ4n) is 3.59. The zero-order valence-electron chi connectivity index (χ0n) is 11.8. The van der Waals surface area contributed by atoms with Crippen LogP contribution < -0.4 is 5.32 Å². The van der Waals surface area contributed by atoms with Gasteiger partial charge in [0.15, 0.2) is 0 Å². The van der Waals surface area contributed by atoms with Crippen LogP contribution in [0, 0.1) is 22.0 Å². The molecule has 1 aliphatic carbocycles. The summed E-state index contributed by atoms with van der Waals surface area (Å²) in [5.41, 5.74) is 0.874. The molecule has 0 saturated heterocycles. The molecule has 1 aliphatic heterocycles. The summed E-state index contributed by atoms with van der Waals surface area (Å²) in [6.45, 7) is 4.22. The average Bonchev–Trinajstić information content (AvgIpc) is 2.86. The maximum absolute atomic E-state index is 11.4. The first kappa shape index (κ1) is 14.2. The van der Waals surface area contributed by atoms with Gasteiger partial charge in [0.05, 0.1) is 16.2 Å². The van der Waals surface area contributed by atoms with E-state index in [1.807, 2.05) is 6.08 Å². The van der Waals surface area contributed by atoms with E-state index in [4.69, 9.17) is 11.6 Å². The molecular formula is C15H17ClN2O3. The smallest absolute Gasteiger partial charge is 0.293 e. The van der Waals surface area contributed by atoms with E-state index >= 15 is 0 Å². The molecule has 0 aromatic heterocycles. The van der Waals surface area contributed by atoms with E-state index in [1.165, 1.54) is 6.07 Å². The third-order valence-corrected chi connectivity index (χ3v) is 4.78. The van der Waals surface area contributed by atoms with E-state index in [-0.39, 0.29) is 34.3 Å². The van der Waals surface area contributed by atoms with Crippen LogP contribution in [0.5, 0.6) is 5.75 Å². The first-order valence-corrected chi connectivity index (χ1v) is 7.42. The molecule has 21 heavy (non-hydrogen) atoms. The average molecular weight is 309 g/mol. The Morgan fingerprint density at radius 1 is 1.52 bits per heavy atom. The quantitative estimate of drug-likeness (QED) is 0.374. The minimum Gasteiger partial charge on any atom is -0.506 e. The SMILES string of the molecule is CC(C)[C@H]1Nc2c(O)cc(Cl)c([N+](=O)[O-])c2[C@H]2C=CC[C@@H]21. The number of phenols is 1. The molecule has 6 heteroatoms. The zero-order chi connectivity index (χ0) is 15.3. The predicted octanol–water partition coefficient (Wildman–Crippen LogP) is 4.06. The Labute approximate surface area is 127 Å². The molecule has 2 N–H and O–H groups in total. The van der Waals surface area contributed by atoms with Crippen molar-refractivity contribution in [3.63, 3.8) is 0 Å². The van der Waals surface area contributed by atoms with Crippen molar-refractivity contribution in [3.05, 3.63) is 38.9 Å². The molecule has 0 fully saturated rings. The number of nitrogens with zero attached hydrogens (tertiary/aromatic N) is 1. The second-order valence-corrected chi connectivity index (χ2v) is 6.45. The van der Waals surface area contributed by atoms with Gasteiger partial charge in [0.25, 0.3) is 5.69 Å². The lowest BCUT2D eigenvalue weighted by Crippen LogP contribution is -2.39. The number of phenolic OH excluding ortho intramolecular Hbond substituents is 1. The van der Waals surface area contributed by atoms with Gasteiger partial charge in [0.1, 0.15) is 10.8 Å². The largest absolute Gasteiger partial charge is 0.506 e. The van der Waals surface area contributed by atoms with Crippen LogP contribution in [0.25, 0.3) is 0 Å². The Balaban J connectivity index is 2.24. The van der Waals surface area contributed by atoms with Crippen molar-refractivity contribution in [2.45, 2.75) is 32.2 Å². The monoisotopic (exact) mass is 308 g/mol. The molecule has 3 atom stereocenters. The maximum Gasteiger partial charge on any atom is 0.293 e. The number of allylic oxidation sites excluding steroid dienone is 2. The van der Waals surface area contributed by atoms with Crippen molar-refractivity contribution in [1.29, 1.82) is 0 Å². The van der Waals surface area contributed by atoms with Gasteiger partial charge in [0, 0.05) is 18.0 Å². The van der Waals surface area contributed by atoms with Crippen LogP contribution in [0.1, 0.15) is 31.7 Å². The number of aromatic hydroxyl groups is 1. The summed E-state index contributed by atoms with van der Waals surface area (Å²) in [7, 11) is 0. The van der Waals surface area contributed by atoms with Crippen molar-refractivity contribution in [2.75, 3.05) is 5.32 Å². The number of nitro benzene ring substituents is 1. The first-order valence-electron chi connectivity index (χ1n) is 7.04. The molecule has 5 nitrogen and oxygen atoms in total. The minimum atomic E-state index is -0.457. The number of rotatable bonds is 2. The second-order valence-electron chi connectivity index (χ2n) is 6.04. The highest BCUT2D eigenvalue weighted by Gasteiger charge is 2.44. The Hall–Kier alpha value is -1.75. The van der Waals surface area contributed by atoms with Gasteiger partial charge in [-0.05, 0) is 18.3 Å². The van der Waals surface area contributed by atoms with E-state index in [0.29, 0.717) is 17.2 Å². The van der Waals surface area contributed by atoms with Gasteiger partial charge < -0.3 is 10.4 Å². The topological polar surface area (TPSA) is 75.4 Å². The van der Waals surface area contributed by atoms with Crippen LogP contribution in [0.3, 0.4) is 0 Å². The van der Waals surface area contributed by atoms with E-state index in [0.717, 1.165) is 6.42 Å². The molecule has 0 spiro atoms. The third-order valence-electron chi connectivity index (χ3n) is 4.49. The van der Waals surface area contributed by atoms with Crippen molar-refractivity contribution in [3.8, 4) is 5.75 Å². The molecule has 1 aromatic carbocycles. The molecule has 1 aromatic rings. The summed E-state index contributed by atoms with van der Waals surface area (Å²) < 4.78 is 0. The van der Waals surface area contributed by atoms with Gasteiger partial charge in [-0.3, -0.25) is 10.1 Å². The fraction of sp³-hybridized carbons (Fsp3) is 0.467. The Morgan fingerprint density at radius 2 is 2.24 bits per heavy atom. The summed E-state index contributed by atoms with van der Waals surface area (Å²) in [5.74, 6) is 0.525. The number of hydrogen-bond donors (Lipinski definition) is 2. The molecule has 0 bridgehead atoms. The predicted molar refractivity (Wildman–Crippen MR) is 82.0 cm³/mol. The standard InChI is InChI=1S/C15H17ClN2O3/c1-7(2)13-9-5-3-4-8(9)12-14(17-13)11(19)6-10(16)15(12)18(20)21/h3-4,6-9,13,17,19H,5H2,1-2H3/t8-,9-,13+/m0/s1. The lowest BCUT2D eigenvalue weighted by Gasteiger charge is -2.39. The zero-order valence-corrected chi connectivity index (χ0v) is 12.6. The van der Waals surface area contributed by atoms with Crippen LogP contribution in [-0.2, 0) is 0 Å². The van der Waals surface area contributed by atoms with Gasteiger partial charge in [-0.15, -0.1) is 0 Å². The van der Waals surface area contributed by atoms with Crippen LogP contribution in [0.2, 0.25) is 5.02 Å². The van der Waals surface area contributed by atoms with E-state index < -0.39 is 4.92 Å². The highest BCUT2D eigenvalue weighted by Crippen LogP contribution is 2.54. The molecule has 3 rings (SSSR count). The number of anilines is 1. The first-order chi connectivity index (χ1) is 9.91. The summed E-state index contributed by atoms with van der Waals surface area (Å²) in [6, 6.07) is 1.42. The number of fused-ring (bicyclic) bond motifs is 3. The minimum absolute atomic E-state index is 0.0138. The van der Waals surface area contributed by atoms with Crippen molar-refractivity contribution in [2.24, 2.45) is 11.8 Å². The Bertz CT molecular complexity index is 642. The number of nitro groups is 1. The van der Waals surface area contributed by atoms with Crippen molar-refractivity contribution < 1.29 is 10.0 Å². The normalized spacial score (nSPS) is 26.4. The summed E-state index contributed by atoms with van der Waals surface area (Å²) in [6.07, 6.45) is 4.94. The number of hydrogen-bond acceptors (Lipinski definition) is 4. The Morgan fingerprint density at radius 3 is 2.86 bits per heavy atom. The summed E-state index contributed by atoms with van der Waals surface area (Å²) in [5, 5.41) is 24.9. The second kappa shape index (κ2) is 4.91. The summed E-state index contributed by atoms with van der Waals surface area (Å²) >= 11 is 6.00. The molecule has 0 radical (unpaired) electrons. The van der Waals surface area contributed by atoms with Gasteiger partial charge in [-0.1, -0.05) is 37.6 Å². The molecular weight excluding hydrogens is 292 g/mol. The molecule has 0 saturated carbocycles. The Kier molecular flexibility index (Phi) is 3.32. The molecule has 0 unspecified atom stereocenters. The van der Waals surface area contributed by atoms with Gasteiger partial charge in [0.2, 0.25) is 0 Å². The van der Waals surface area contributed by atoms with Crippen LogP contribution in [0.4, 0.5) is 11.4 Å². The van der Waals surface area contributed by atoms with Crippen LogP contribution in [0.15, 0.2) is 18.2 Å². The van der Waals surface area contributed by atoms with Gasteiger partial charge >= 0.3 is 0 Å². The van der Waals surface area contributed by atoms with E-state index in [1.54, 1.807) is 0 Å². The number of halogens is 1. The number of nitrogens with one attached hydrogen (secondary N) is 1. The highest BCUT2D eigenvalue weighted by atomic mass is 35.5. The number of benzene rings is 1. The maximum atomic E-state index is 11.4. The lowest BCUT2D eigenvalue weighted by molar-refractivity contribution is -0.385. The van der Waals surface area contributed by atoms with Crippen LogP contribution >= 0.6 is 11.6 Å². The van der Waals surface area contributed by atoms with Crippen molar-refractivity contribution in [1.82, 2.24) is 0 Å². The van der Waals surface area contributed by atoms with E-state index in [2.05, 4.69) is 25.2 Å². The van der Waals surface area contributed by atoms with Crippen LogP contribution in [-0.4, -0.2) is 16.1 Å². The molecule has 1 heterocycles. The lowest BCUT2D eigenvalue weighted by atomic mass is 9.75. The van der Waals surface area contributed by atoms with Gasteiger partial charge in [-0.2, -0.15) is 0 Å². The highest BCUT2D eigenvalue weighted by molar-refractivity contribution is 6.33. The molecule has 112 valence electrons. The molecule has 2 aliphatic rings.